The number of carbonyl (C=O) groups excluding carboxylic acids is 2. The maximum atomic E-state index is 11.5. The fourth-order valence-corrected chi connectivity index (χ4v) is 1.43. The smallest absolute Gasteiger partial charge is 0.237 e. The summed E-state index contributed by atoms with van der Waals surface area (Å²) in [6.07, 6.45) is 4.23. The number of nitrogens with two attached hydrogens (primary N) is 2. The Balaban J connectivity index is 3.80. The minimum absolute atomic E-state index is 0.0953. The summed E-state index contributed by atoms with van der Waals surface area (Å²) in [5.41, 5.74) is 10.5. The van der Waals surface area contributed by atoms with Gasteiger partial charge in [-0.05, 0) is 13.3 Å². The van der Waals surface area contributed by atoms with Crippen LogP contribution >= 0.6 is 0 Å². The highest BCUT2D eigenvalue weighted by molar-refractivity contribution is 5.87. The Morgan fingerprint density at radius 3 is 2.44 bits per heavy atom. The molecule has 2 amide bonds. The van der Waals surface area contributed by atoms with E-state index in [2.05, 4.69) is 12.2 Å². The average molecular weight is 229 g/mol. The number of hydrogen-bond donors (Lipinski definition) is 3. The molecule has 5 heteroatoms. The lowest BCUT2D eigenvalue weighted by molar-refractivity contribution is -0.126. The van der Waals surface area contributed by atoms with Crippen molar-refractivity contribution in [1.82, 2.24) is 5.32 Å². The van der Waals surface area contributed by atoms with E-state index >= 15 is 0 Å². The SMILES string of the molecule is CCCCCC(C)NC(=O)C(N)CC(N)=O. The molecule has 94 valence electrons. The Morgan fingerprint density at radius 2 is 1.94 bits per heavy atom. The zero-order valence-electron chi connectivity index (χ0n) is 10.2. The summed E-state index contributed by atoms with van der Waals surface area (Å²) >= 11 is 0. The maximum Gasteiger partial charge on any atom is 0.237 e. The highest BCUT2D eigenvalue weighted by Crippen LogP contribution is 2.03. The van der Waals surface area contributed by atoms with Gasteiger partial charge in [-0.15, -0.1) is 0 Å². The third-order valence-corrected chi connectivity index (χ3v) is 2.39. The van der Waals surface area contributed by atoms with Crippen LogP contribution in [0.4, 0.5) is 0 Å². The van der Waals surface area contributed by atoms with Crippen molar-refractivity contribution < 1.29 is 9.59 Å². The summed E-state index contributed by atoms with van der Waals surface area (Å²) in [4.78, 5) is 22.1. The summed E-state index contributed by atoms with van der Waals surface area (Å²) in [5, 5.41) is 2.77. The van der Waals surface area contributed by atoms with Crippen LogP contribution in [0, 0.1) is 0 Å². The van der Waals surface area contributed by atoms with Gasteiger partial charge in [-0.1, -0.05) is 26.2 Å². The molecule has 0 aliphatic heterocycles. The van der Waals surface area contributed by atoms with Crippen LogP contribution in [0.5, 0.6) is 0 Å². The molecule has 2 atom stereocenters. The quantitative estimate of drug-likeness (QED) is 0.521. The summed E-state index contributed by atoms with van der Waals surface area (Å²) in [5.74, 6) is -0.857. The van der Waals surface area contributed by atoms with Crippen LogP contribution in [0.2, 0.25) is 0 Å². The molecule has 5 nitrogen and oxygen atoms in total. The molecule has 0 radical (unpaired) electrons. The van der Waals surface area contributed by atoms with Gasteiger partial charge < -0.3 is 16.8 Å². The predicted octanol–water partition coefficient (Wildman–Crippen LogP) is 0.274. The molecule has 0 rings (SSSR count). The predicted molar refractivity (Wildman–Crippen MR) is 63.5 cm³/mol. The van der Waals surface area contributed by atoms with Crippen LogP contribution in [0.3, 0.4) is 0 Å². The third kappa shape index (κ3) is 7.23. The Hall–Kier alpha value is -1.10. The first-order valence-electron chi connectivity index (χ1n) is 5.81. The Bertz CT molecular complexity index is 231. The van der Waals surface area contributed by atoms with Crippen LogP contribution in [0.1, 0.15) is 46.0 Å². The lowest BCUT2D eigenvalue weighted by atomic mass is 10.1. The van der Waals surface area contributed by atoms with Gasteiger partial charge in [-0.25, -0.2) is 0 Å². The van der Waals surface area contributed by atoms with E-state index in [0.717, 1.165) is 25.7 Å². The topological polar surface area (TPSA) is 98.2 Å². The Morgan fingerprint density at radius 1 is 1.31 bits per heavy atom. The van der Waals surface area contributed by atoms with Gasteiger partial charge in [-0.3, -0.25) is 9.59 Å². The molecule has 16 heavy (non-hydrogen) atoms. The van der Waals surface area contributed by atoms with E-state index in [4.69, 9.17) is 11.5 Å². The van der Waals surface area contributed by atoms with Gasteiger partial charge >= 0.3 is 0 Å². The zero-order chi connectivity index (χ0) is 12.6. The number of rotatable bonds is 8. The second kappa shape index (κ2) is 8.10. The van der Waals surface area contributed by atoms with Gasteiger partial charge in [0, 0.05) is 6.04 Å². The van der Waals surface area contributed by atoms with Gasteiger partial charge in [-0.2, -0.15) is 0 Å². The van der Waals surface area contributed by atoms with E-state index in [1.807, 2.05) is 6.92 Å². The summed E-state index contributed by atoms with van der Waals surface area (Å²) in [6.45, 7) is 4.07. The van der Waals surface area contributed by atoms with Crippen molar-refractivity contribution in [2.24, 2.45) is 11.5 Å². The number of hydrogen-bond acceptors (Lipinski definition) is 3. The molecular weight excluding hydrogens is 206 g/mol. The fraction of sp³-hybridized carbons (Fsp3) is 0.818. The minimum Gasteiger partial charge on any atom is -0.370 e. The molecule has 0 aromatic carbocycles. The monoisotopic (exact) mass is 229 g/mol. The number of amides is 2. The molecule has 0 saturated carbocycles. The zero-order valence-corrected chi connectivity index (χ0v) is 10.2. The van der Waals surface area contributed by atoms with Crippen molar-refractivity contribution in [2.75, 3.05) is 0 Å². The number of carbonyl (C=O) groups is 2. The van der Waals surface area contributed by atoms with Gasteiger partial charge in [0.2, 0.25) is 11.8 Å². The maximum absolute atomic E-state index is 11.5. The molecule has 2 unspecified atom stereocenters. The first-order valence-corrected chi connectivity index (χ1v) is 5.81. The normalized spacial score (nSPS) is 14.2. The first-order chi connectivity index (χ1) is 7.47. The van der Waals surface area contributed by atoms with E-state index in [0.29, 0.717) is 0 Å². The molecular formula is C11H23N3O2. The number of nitrogens with one attached hydrogen (secondary N) is 1. The van der Waals surface area contributed by atoms with Crippen LogP contribution in [-0.2, 0) is 9.59 Å². The second-order valence-electron chi connectivity index (χ2n) is 4.18. The molecule has 0 heterocycles. The number of unbranched alkanes of at least 4 members (excludes halogenated alkanes) is 2. The molecule has 0 aliphatic carbocycles. The number of primary amides is 1. The average Bonchev–Trinajstić information content (AvgIpc) is 2.16. The van der Waals surface area contributed by atoms with Gasteiger partial charge in [0.1, 0.15) is 0 Å². The largest absolute Gasteiger partial charge is 0.370 e. The van der Waals surface area contributed by atoms with Crippen molar-refractivity contribution in [1.29, 1.82) is 0 Å². The van der Waals surface area contributed by atoms with E-state index in [1.165, 1.54) is 0 Å². The molecule has 0 fully saturated rings. The third-order valence-electron chi connectivity index (χ3n) is 2.39. The highest BCUT2D eigenvalue weighted by atomic mass is 16.2. The molecule has 5 N–H and O–H groups in total. The molecule has 0 bridgehead atoms. The van der Waals surface area contributed by atoms with Crippen LogP contribution < -0.4 is 16.8 Å². The molecule has 0 aliphatic rings. The molecule has 0 saturated heterocycles. The summed E-state index contributed by atoms with van der Waals surface area (Å²) < 4.78 is 0. The molecule has 0 aromatic rings. The van der Waals surface area contributed by atoms with Crippen molar-refractivity contribution in [2.45, 2.75) is 58.0 Å². The minimum atomic E-state index is -0.828. The van der Waals surface area contributed by atoms with E-state index in [1.54, 1.807) is 0 Å². The highest BCUT2D eigenvalue weighted by Gasteiger charge is 2.17. The van der Waals surface area contributed by atoms with Crippen molar-refractivity contribution >= 4 is 11.8 Å². The van der Waals surface area contributed by atoms with Crippen LogP contribution in [0.15, 0.2) is 0 Å². The lowest BCUT2D eigenvalue weighted by Crippen LogP contribution is -2.46. The van der Waals surface area contributed by atoms with Crippen molar-refractivity contribution in [3.8, 4) is 0 Å². The van der Waals surface area contributed by atoms with Gasteiger partial charge in [0.15, 0.2) is 0 Å². The van der Waals surface area contributed by atoms with E-state index in [-0.39, 0.29) is 18.4 Å². The van der Waals surface area contributed by atoms with Gasteiger partial charge in [0.25, 0.3) is 0 Å². The van der Waals surface area contributed by atoms with Crippen molar-refractivity contribution in [3.63, 3.8) is 0 Å². The Labute approximate surface area is 96.9 Å². The first kappa shape index (κ1) is 14.9. The van der Waals surface area contributed by atoms with E-state index in [9.17, 15) is 9.59 Å². The molecule has 0 aromatic heterocycles. The van der Waals surface area contributed by atoms with Crippen LogP contribution in [-0.4, -0.2) is 23.9 Å². The van der Waals surface area contributed by atoms with E-state index < -0.39 is 11.9 Å². The van der Waals surface area contributed by atoms with Crippen molar-refractivity contribution in [3.05, 3.63) is 0 Å². The fourth-order valence-electron chi connectivity index (χ4n) is 1.43. The second-order valence-corrected chi connectivity index (χ2v) is 4.18. The summed E-state index contributed by atoms with van der Waals surface area (Å²) in [6, 6.07) is -0.732. The summed E-state index contributed by atoms with van der Waals surface area (Å²) in [7, 11) is 0. The molecule has 0 spiro atoms. The lowest BCUT2D eigenvalue weighted by Gasteiger charge is -2.16. The van der Waals surface area contributed by atoms with Crippen LogP contribution in [0.25, 0.3) is 0 Å². The van der Waals surface area contributed by atoms with Gasteiger partial charge in [0.05, 0.1) is 12.5 Å². The Kier molecular flexibility index (Phi) is 7.54. The standard InChI is InChI=1S/C11H23N3O2/c1-3-4-5-6-8(2)14-11(16)9(12)7-10(13)15/h8-9H,3-7,12H2,1-2H3,(H2,13,15)(H,14,16).